The van der Waals surface area contributed by atoms with E-state index in [4.69, 9.17) is 0 Å². The number of aromatic nitrogens is 3. The lowest BCUT2D eigenvalue weighted by molar-refractivity contribution is 0.102. The van der Waals surface area contributed by atoms with Crippen molar-refractivity contribution in [3.8, 4) is 11.1 Å². The van der Waals surface area contributed by atoms with Crippen molar-refractivity contribution in [2.24, 2.45) is 13.0 Å². The van der Waals surface area contributed by atoms with Crippen molar-refractivity contribution in [2.45, 2.75) is 13.3 Å². The second-order valence-electron chi connectivity index (χ2n) is 7.94. The molecular formula is C25H22N4O. The maximum Gasteiger partial charge on any atom is 0.256 e. The molecule has 5 nitrogen and oxygen atoms in total. The highest BCUT2D eigenvalue weighted by Crippen LogP contribution is 2.26. The summed E-state index contributed by atoms with van der Waals surface area (Å²) in [6, 6.07) is 14.0. The quantitative estimate of drug-likeness (QED) is 0.526. The SMILES string of the molecule is CC1C=Cc2cc(C(=O)Nc3cc4cc(-c5cnn(C)c5)ccc4cn3)ccc2C1. The molecule has 0 bridgehead atoms. The van der Waals surface area contributed by atoms with Gasteiger partial charge in [0.25, 0.3) is 5.91 Å². The minimum atomic E-state index is -0.153. The number of amides is 1. The third-order valence-corrected chi connectivity index (χ3v) is 5.56. The molecule has 1 unspecified atom stereocenters. The molecular weight excluding hydrogens is 372 g/mol. The van der Waals surface area contributed by atoms with E-state index >= 15 is 0 Å². The molecule has 1 atom stereocenters. The van der Waals surface area contributed by atoms with Gasteiger partial charge in [0.05, 0.1) is 6.20 Å². The average molecular weight is 394 g/mol. The summed E-state index contributed by atoms with van der Waals surface area (Å²) in [5.74, 6) is 0.924. The number of carbonyl (C=O) groups excluding carboxylic acids is 1. The van der Waals surface area contributed by atoms with Crippen LogP contribution in [0.3, 0.4) is 0 Å². The van der Waals surface area contributed by atoms with Crippen molar-refractivity contribution < 1.29 is 4.79 Å². The molecule has 0 radical (unpaired) electrons. The van der Waals surface area contributed by atoms with Crippen LogP contribution in [0.1, 0.15) is 28.4 Å². The highest BCUT2D eigenvalue weighted by Gasteiger charge is 2.14. The highest BCUT2D eigenvalue weighted by atomic mass is 16.1. The van der Waals surface area contributed by atoms with Crippen LogP contribution >= 0.6 is 0 Å². The van der Waals surface area contributed by atoms with Gasteiger partial charge in [-0.15, -0.1) is 0 Å². The Morgan fingerprint density at radius 2 is 1.97 bits per heavy atom. The molecule has 0 saturated heterocycles. The van der Waals surface area contributed by atoms with Gasteiger partial charge in [-0.25, -0.2) is 4.98 Å². The fourth-order valence-corrected chi connectivity index (χ4v) is 3.91. The van der Waals surface area contributed by atoms with Crippen LogP contribution < -0.4 is 5.32 Å². The molecule has 1 aliphatic rings. The number of nitrogens with one attached hydrogen (secondary N) is 1. The maximum absolute atomic E-state index is 12.8. The van der Waals surface area contributed by atoms with Gasteiger partial charge in [0, 0.05) is 36.0 Å². The summed E-state index contributed by atoms with van der Waals surface area (Å²) in [5.41, 5.74) is 5.17. The van der Waals surface area contributed by atoms with E-state index < -0.39 is 0 Å². The maximum atomic E-state index is 12.8. The molecule has 0 saturated carbocycles. The first-order chi connectivity index (χ1) is 14.5. The van der Waals surface area contributed by atoms with Gasteiger partial charge in [0.1, 0.15) is 5.82 Å². The first-order valence-corrected chi connectivity index (χ1v) is 10.1. The third kappa shape index (κ3) is 3.50. The van der Waals surface area contributed by atoms with Gasteiger partial charge in [0.15, 0.2) is 0 Å². The molecule has 1 N–H and O–H groups in total. The van der Waals surface area contributed by atoms with Gasteiger partial charge < -0.3 is 5.32 Å². The highest BCUT2D eigenvalue weighted by molar-refractivity contribution is 6.05. The number of aryl methyl sites for hydroxylation is 1. The lowest BCUT2D eigenvalue weighted by Gasteiger charge is -2.16. The monoisotopic (exact) mass is 394 g/mol. The summed E-state index contributed by atoms with van der Waals surface area (Å²) in [7, 11) is 1.90. The zero-order valence-corrected chi connectivity index (χ0v) is 17.0. The van der Waals surface area contributed by atoms with Crippen LogP contribution in [-0.4, -0.2) is 20.7 Å². The van der Waals surface area contributed by atoms with E-state index in [9.17, 15) is 4.79 Å². The smallest absolute Gasteiger partial charge is 0.256 e. The summed E-state index contributed by atoms with van der Waals surface area (Å²) >= 11 is 0. The van der Waals surface area contributed by atoms with E-state index in [2.05, 4.69) is 52.7 Å². The minimum absolute atomic E-state index is 0.153. The molecule has 2 aromatic heterocycles. The minimum Gasteiger partial charge on any atom is -0.307 e. The number of carbonyl (C=O) groups is 1. The number of nitrogens with zero attached hydrogens (tertiary/aromatic N) is 3. The Morgan fingerprint density at radius 3 is 2.80 bits per heavy atom. The number of rotatable bonds is 3. The van der Waals surface area contributed by atoms with Gasteiger partial charge in [-0.05, 0) is 58.7 Å². The van der Waals surface area contributed by atoms with Gasteiger partial charge >= 0.3 is 0 Å². The van der Waals surface area contributed by atoms with Crippen molar-refractivity contribution in [3.05, 3.63) is 83.8 Å². The van der Waals surface area contributed by atoms with E-state index in [1.165, 1.54) is 5.56 Å². The molecule has 1 amide bonds. The second kappa shape index (κ2) is 7.26. The number of allylic oxidation sites excluding steroid dienone is 1. The average Bonchev–Trinajstić information content (AvgIpc) is 3.19. The molecule has 148 valence electrons. The van der Waals surface area contributed by atoms with Crippen LogP contribution in [0.25, 0.3) is 28.0 Å². The van der Waals surface area contributed by atoms with Crippen LogP contribution in [0, 0.1) is 5.92 Å². The zero-order chi connectivity index (χ0) is 20.7. The van der Waals surface area contributed by atoms with Crippen molar-refractivity contribution >= 4 is 28.6 Å². The Labute approximate surface area is 175 Å². The molecule has 2 aromatic carbocycles. The van der Waals surface area contributed by atoms with Crippen molar-refractivity contribution in [2.75, 3.05) is 5.32 Å². The third-order valence-electron chi connectivity index (χ3n) is 5.56. The summed E-state index contributed by atoms with van der Waals surface area (Å²) < 4.78 is 1.78. The molecule has 0 aliphatic heterocycles. The van der Waals surface area contributed by atoms with E-state index in [-0.39, 0.29) is 5.91 Å². The fraction of sp³-hybridized carbons (Fsp3) is 0.160. The topological polar surface area (TPSA) is 59.8 Å². The molecule has 1 aliphatic carbocycles. The standard InChI is InChI=1S/C25H22N4O/c1-16-3-4-18-10-20(7-5-17(18)9-16)25(30)28-24-12-22-11-19(6-8-21(22)13-26-24)23-14-27-29(2)15-23/h3-8,10-16H,9H2,1-2H3,(H,26,28,30). The first-order valence-electron chi connectivity index (χ1n) is 10.1. The Hall–Kier alpha value is -3.73. The van der Waals surface area contributed by atoms with Gasteiger partial charge in [-0.2, -0.15) is 5.10 Å². The fourth-order valence-electron chi connectivity index (χ4n) is 3.91. The molecule has 0 spiro atoms. The second-order valence-corrected chi connectivity index (χ2v) is 7.94. The predicted octanol–water partition coefficient (Wildman–Crippen LogP) is 5.09. The largest absolute Gasteiger partial charge is 0.307 e. The molecule has 2 heterocycles. The Morgan fingerprint density at radius 1 is 1.07 bits per heavy atom. The van der Waals surface area contributed by atoms with Crippen LogP contribution in [0.2, 0.25) is 0 Å². The van der Waals surface area contributed by atoms with Crippen molar-refractivity contribution in [3.63, 3.8) is 0 Å². The summed E-state index contributed by atoms with van der Waals surface area (Å²) in [6.45, 7) is 2.20. The van der Waals surface area contributed by atoms with Crippen molar-refractivity contribution in [1.29, 1.82) is 0 Å². The lowest BCUT2D eigenvalue weighted by Crippen LogP contribution is -2.14. The van der Waals surface area contributed by atoms with Crippen LogP contribution in [0.5, 0.6) is 0 Å². The van der Waals surface area contributed by atoms with Gasteiger partial charge in [-0.1, -0.05) is 37.3 Å². The molecule has 5 heteroatoms. The van der Waals surface area contributed by atoms with Gasteiger partial charge in [0.2, 0.25) is 0 Å². The predicted molar refractivity (Wildman–Crippen MR) is 120 cm³/mol. The number of fused-ring (bicyclic) bond motifs is 2. The normalized spacial score (nSPS) is 15.2. The lowest BCUT2D eigenvalue weighted by atomic mass is 9.90. The first kappa shape index (κ1) is 18.3. The Bertz CT molecular complexity index is 1300. The van der Waals surface area contributed by atoms with Gasteiger partial charge in [-0.3, -0.25) is 9.48 Å². The Kier molecular flexibility index (Phi) is 4.43. The Balaban J connectivity index is 1.41. The summed E-state index contributed by atoms with van der Waals surface area (Å²) in [4.78, 5) is 17.2. The molecule has 4 aromatic rings. The number of hydrogen-bond acceptors (Lipinski definition) is 3. The van der Waals surface area contributed by atoms with Crippen LogP contribution in [-0.2, 0) is 13.5 Å². The molecule has 30 heavy (non-hydrogen) atoms. The van der Waals surface area contributed by atoms with E-state index in [0.29, 0.717) is 17.3 Å². The number of anilines is 1. The summed E-state index contributed by atoms with van der Waals surface area (Å²) in [5, 5.41) is 9.22. The number of benzene rings is 2. The summed E-state index contributed by atoms with van der Waals surface area (Å²) in [6.07, 6.45) is 10.9. The number of pyridine rings is 1. The molecule has 0 fully saturated rings. The zero-order valence-electron chi connectivity index (χ0n) is 17.0. The van der Waals surface area contributed by atoms with Crippen LogP contribution in [0.4, 0.5) is 5.82 Å². The molecule has 5 rings (SSSR count). The van der Waals surface area contributed by atoms with E-state index in [1.54, 1.807) is 10.9 Å². The number of hydrogen-bond donors (Lipinski definition) is 1. The van der Waals surface area contributed by atoms with E-state index in [1.807, 2.05) is 43.7 Å². The van der Waals surface area contributed by atoms with Crippen molar-refractivity contribution in [1.82, 2.24) is 14.8 Å². The van der Waals surface area contributed by atoms with Crippen LogP contribution in [0.15, 0.2) is 67.1 Å². The van der Waals surface area contributed by atoms with E-state index in [0.717, 1.165) is 33.9 Å².